The van der Waals surface area contributed by atoms with Crippen molar-refractivity contribution in [3.8, 4) is 0 Å². The molecule has 7 nitrogen and oxygen atoms in total. The van der Waals surface area contributed by atoms with Crippen molar-refractivity contribution in [2.75, 3.05) is 11.1 Å². The van der Waals surface area contributed by atoms with Crippen LogP contribution in [0.25, 0.3) is 11.0 Å². The minimum absolute atomic E-state index is 0.0850. The molecule has 2 aromatic heterocycles. The van der Waals surface area contributed by atoms with Gasteiger partial charge in [-0.3, -0.25) is 4.79 Å². The summed E-state index contributed by atoms with van der Waals surface area (Å²) in [5.41, 5.74) is 2.31. The summed E-state index contributed by atoms with van der Waals surface area (Å²) in [5.74, 6) is 0.729. The van der Waals surface area contributed by atoms with Gasteiger partial charge in [0.1, 0.15) is 11.6 Å². The fourth-order valence-electron chi connectivity index (χ4n) is 2.64. The van der Waals surface area contributed by atoms with E-state index in [1.807, 2.05) is 24.3 Å². The highest BCUT2D eigenvalue weighted by atomic mass is 32.2. The lowest BCUT2D eigenvalue weighted by Gasteiger charge is -2.03. The van der Waals surface area contributed by atoms with E-state index in [9.17, 15) is 9.18 Å². The molecule has 0 fully saturated rings. The summed E-state index contributed by atoms with van der Waals surface area (Å²) in [4.78, 5) is 19.7. The molecule has 0 saturated carbocycles. The van der Waals surface area contributed by atoms with Crippen molar-refractivity contribution >= 4 is 34.4 Å². The van der Waals surface area contributed by atoms with E-state index in [2.05, 4.69) is 25.5 Å². The van der Waals surface area contributed by atoms with Gasteiger partial charge in [0.2, 0.25) is 11.8 Å². The molecular formula is C19H16FN5O2S. The molecule has 4 rings (SSSR count). The number of para-hydroxylation sites is 2. The number of aryl methyl sites for hydroxylation is 2. The first-order valence-corrected chi connectivity index (χ1v) is 9.58. The van der Waals surface area contributed by atoms with E-state index in [1.165, 1.54) is 18.2 Å². The van der Waals surface area contributed by atoms with Gasteiger partial charge in [0.25, 0.3) is 5.22 Å². The number of thioether (sulfide) groups is 1. The first-order chi connectivity index (χ1) is 13.7. The average molecular weight is 397 g/mol. The molecule has 142 valence electrons. The largest absolute Gasteiger partial charge is 0.416 e. The lowest BCUT2D eigenvalue weighted by molar-refractivity contribution is -0.113. The summed E-state index contributed by atoms with van der Waals surface area (Å²) in [6.07, 6.45) is 1.18. The second-order valence-corrected chi connectivity index (χ2v) is 6.94. The molecule has 0 atom stereocenters. The fourth-order valence-corrected chi connectivity index (χ4v) is 3.22. The summed E-state index contributed by atoms with van der Waals surface area (Å²) in [6.45, 7) is 0. The topological polar surface area (TPSA) is 96.7 Å². The number of aromatic amines is 1. The minimum atomic E-state index is -0.406. The fraction of sp³-hybridized carbons (Fsp3) is 0.158. The number of rotatable bonds is 7. The molecule has 0 aliphatic heterocycles. The van der Waals surface area contributed by atoms with Crippen LogP contribution in [0.2, 0.25) is 0 Å². The first-order valence-electron chi connectivity index (χ1n) is 8.60. The standard InChI is InChI=1S/C19H16FN5O2S/c20-12-4-3-5-13(10-12)21-17(26)11-28-19-25-24-18(27-19)9-8-16-22-14-6-1-2-7-15(14)23-16/h1-7,10H,8-9,11H2,(H,21,26)(H,22,23). The summed E-state index contributed by atoms with van der Waals surface area (Å²) in [5, 5.41) is 10.9. The molecular weight excluding hydrogens is 381 g/mol. The van der Waals surface area contributed by atoms with E-state index in [0.29, 0.717) is 29.6 Å². The average Bonchev–Trinajstić information content (AvgIpc) is 3.31. The molecule has 0 bridgehead atoms. The number of halogens is 1. The van der Waals surface area contributed by atoms with Gasteiger partial charge in [-0.1, -0.05) is 30.0 Å². The molecule has 4 aromatic rings. The zero-order valence-corrected chi connectivity index (χ0v) is 15.5. The second kappa shape index (κ2) is 8.22. The van der Waals surface area contributed by atoms with Gasteiger partial charge >= 0.3 is 0 Å². The maximum absolute atomic E-state index is 13.1. The minimum Gasteiger partial charge on any atom is -0.416 e. The summed E-state index contributed by atoms with van der Waals surface area (Å²) < 4.78 is 18.7. The second-order valence-electron chi connectivity index (χ2n) is 6.01. The number of amides is 1. The van der Waals surface area contributed by atoms with Gasteiger partial charge in [0, 0.05) is 18.5 Å². The molecule has 2 N–H and O–H groups in total. The van der Waals surface area contributed by atoms with Gasteiger partial charge in [-0.15, -0.1) is 10.2 Å². The van der Waals surface area contributed by atoms with Crippen molar-refractivity contribution in [1.82, 2.24) is 20.2 Å². The van der Waals surface area contributed by atoms with Gasteiger partial charge in [0.15, 0.2) is 0 Å². The number of hydrogen-bond donors (Lipinski definition) is 2. The van der Waals surface area contributed by atoms with Crippen LogP contribution in [0.5, 0.6) is 0 Å². The van der Waals surface area contributed by atoms with Crippen molar-refractivity contribution in [3.63, 3.8) is 0 Å². The normalized spacial score (nSPS) is 11.0. The third-order valence-corrected chi connectivity index (χ3v) is 4.72. The zero-order valence-electron chi connectivity index (χ0n) is 14.7. The molecule has 2 heterocycles. The number of nitrogens with one attached hydrogen (secondary N) is 2. The third kappa shape index (κ3) is 4.55. The Kier molecular flexibility index (Phi) is 5.34. The van der Waals surface area contributed by atoms with Crippen molar-refractivity contribution in [3.05, 3.63) is 66.1 Å². The van der Waals surface area contributed by atoms with E-state index < -0.39 is 5.82 Å². The number of carbonyl (C=O) groups is 1. The molecule has 0 aliphatic carbocycles. The molecule has 0 radical (unpaired) electrons. The Labute approximate surface area is 163 Å². The number of anilines is 1. The Bertz CT molecular complexity index is 1080. The number of H-pyrrole nitrogens is 1. The van der Waals surface area contributed by atoms with Crippen molar-refractivity contribution < 1.29 is 13.6 Å². The summed E-state index contributed by atoms with van der Waals surface area (Å²) >= 11 is 1.13. The van der Waals surface area contributed by atoms with Gasteiger partial charge in [0.05, 0.1) is 16.8 Å². The molecule has 28 heavy (non-hydrogen) atoms. The van der Waals surface area contributed by atoms with Crippen LogP contribution in [0.15, 0.2) is 58.2 Å². The maximum atomic E-state index is 13.1. The quantitative estimate of drug-likeness (QED) is 0.463. The van der Waals surface area contributed by atoms with Crippen LogP contribution in [0.3, 0.4) is 0 Å². The maximum Gasteiger partial charge on any atom is 0.277 e. The molecule has 1 amide bonds. The zero-order chi connectivity index (χ0) is 19.3. The predicted molar refractivity (Wildman–Crippen MR) is 104 cm³/mol. The van der Waals surface area contributed by atoms with Crippen LogP contribution >= 0.6 is 11.8 Å². The number of carbonyl (C=O) groups excluding carboxylic acids is 1. The lowest BCUT2D eigenvalue weighted by Crippen LogP contribution is -2.14. The van der Waals surface area contributed by atoms with E-state index in [0.717, 1.165) is 28.6 Å². The highest BCUT2D eigenvalue weighted by Gasteiger charge is 2.11. The Morgan fingerprint density at radius 2 is 2.04 bits per heavy atom. The SMILES string of the molecule is O=C(CSc1nnc(CCc2nc3ccccc3[nH]2)o1)Nc1cccc(F)c1. The molecule has 0 aliphatic rings. The van der Waals surface area contributed by atoms with Crippen molar-refractivity contribution in [2.24, 2.45) is 0 Å². The number of hydrogen-bond acceptors (Lipinski definition) is 6. The number of aromatic nitrogens is 4. The Morgan fingerprint density at radius 1 is 1.14 bits per heavy atom. The monoisotopic (exact) mass is 397 g/mol. The van der Waals surface area contributed by atoms with Gasteiger partial charge < -0.3 is 14.7 Å². The van der Waals surface area contributed by atoms with Crippen molar-refractivity contribution in [1.29, 1.82) is 0 Å². The number of imidazole rings is 1. The number of fused-ring (bicyclic) bond motifs is 1. The van der Waals surface area contributed by atoms with Gasteiger partial charge in [-0.2, -0.15) is 0 Å². The number of nitrogens with zero attached hydrogens (tertiary/aromatic N) is 3. The van der Waals surface area contributed by atoms with E-state index in [4.69, 9.17) is 4.42 Å². The third-order valence-electron chi connectivity index (χ3n) is 3.90. The summed E-state index contributed by atoms with van der Waals surface area (Å²) in [7, 11) is 0. The van der Waals surface area contributed by atoms with Crippen LogP contribution in [0.4, 0.5) is 10.1 Å². The van der Waals surface area contributed by atoms with E-state index in [-0.39, 0.29) is 11.7 Å². The molecule has 2 aromatic carbocycles. The van der Waals surface area contributed by atoms with Crippen LogP contribution in [0, 0.1) is 5.82 Å². The predicted octanol–water partition coefficient (Wildman–Crippen LogP) is 3.60. The molecule has 0 unspecified atom stereocenters. The highest BCUT2D eigenvalue weighted by Crippen LogP contribution is 2.18. The smallest absolute Gasteiger partial charge is 0.277 e. The Balaban J connectivity index is 1.27. The van der Waals surface area contributed by atoms with E-state index >= 15 is 0 Å². The first kappa shape index (κ1) is 18.2. The van der Waals surface area contributed by atoms with Gasteiger partial charge in [-0.25, -0.2) is 9.37 Å². The van der Waals surface area contributed by atoms with Crippen LogP contribution in [0.1, 0.15) is 11.7 Å². The Morgan fingerprint density at radius 3 is 2.89 bits per heavy atom. The highest BCUT2D eigenvalue weighted by molar-refractivity contribution is 7.99. The number of benzene rings is 2. The van der Waals surface area contributed by atoms with Crippen LogP contribution in [-0.2, 0) is 17.6 Å². The Hall–Kier alpha value is -3.20. The van der Waals surface area contributed by atoms with Gasteiger partial charge in [-0.05, 0) is 30.3 Å². The molecule has 9 heteroatoms. The van der Waals surface area contributed by atoms with Crippen LogP contribution in [-0.4, -0.2) is 31.8 Å². The van der Waals surface area contributed by atoms with Crippen LogP contribution < -0.4 is 5.32 Å². The molecule has 0 saturated heterocycles. The molecule has 0 spiro atoms. The summed E-state index contributed by atoms with van der Waals surface area (Å²) in [6, 6.07) is 13.5. The van der Waals surface area contributed by atoms with E-state index in [1.54, 1.807) is 6.07 Å². The van der Waals surface area contributed by atoms with Crippen molar-refractivity contribution in [2.45, 2.75) is 18.1 Å². The lowest BCUT2D eigenvalue weighted by atomic mass is 10.3.